The number of hydrogen-bond acceptors (Lipinski definition) is 4. The van der Waals surface area contributed by atoms with Crippen LogP contribution in [0.25, 0.3) is 0 Å². The molecule has 1 aliphatic heterocycles. The standard InChI is InChI=1S/C8H16N4O3/c13-7-10-11-8(14)9-1-2-12-3-5-15-6-4-12/h7H,1-6H2,(H,10,13)(H2,9,11,14). The molecule has 1 fully saturated rings. The largest absolute Gasteiger partial charge is 0.379 e. The van der Waals surface area contributed by atoms with Crippen LogP contribution in [-0.4, -0.2) is 56.7 Å². The van der Waals surface area contributed by atoms with Crippen molar-refractivity contribution >= 4 is 12.4 Å². The van der Waals surface area contributed by atoms with E-state index in [0.29, 0.717) is 13.0 Å². The molecule has 0 spiro atoms. The number of rotatable bonds is 5. The average Bonchev–Trinajstić information content (AvgIpc) is 2.28. The van der Waals surface area contributed by atoms with Gasteiger partial charge in [0.2, 0.25) is 6.41 Å². The average molecular weight is 216 g/mol. The Kier molecular flexibility index (Phi) is 5.49. The van der Waals surface area contributed by atoms with E-state index >= 15 is 0 Å². The lowest BCUT2D eigenvalue weighted by Crippen LogP contribution is -2.47. The first kappa shape index (κ1) is 11.7. The molecule has 1 saturated heterocycles. The first-order valence-corrected chi connectivity index (χ1v) is 4.86. The van der Waals surface area contributed by atoms with Crippen LogP contribution in [0.1, 0.15) is 0 Å². The highest BCUT2D eigenvalue weighted by atomic mass is 16.5. The molecule has 0 aromatic heterocycles. The molecule has 0 bridgehead atoms. The SMILES string of the molecule is O=CNNC(=O)NCCN1CCOCC1. The van der Waals surface area contributed by atoms with E-state index in [4.69, 9.17) is 4.74 Å². The number of carbonyl (C=O) groups excluding carboxylic acids is 2. The first-order valence-electron chi connectivity index (χ1n) is 4.86. The van der Waals surface area contributed by atoms with Crippen LogP contribution in [-0.2, 0) is 9.53 Å². The van der Waals surface area contributed by atoms with Crippen molar-refractivity contribution in [1.82, 2.24) is 21.1 Å². The lowest BCUT2D eigenvalue weighted by atomic mass is 10.4. The number of nitrogens with zero attached hydrogens (tertiary/aromatic N) is 1. The van der Waals surface area contributed by atoms with Crippen molar-refractivity contribution in [3.05, 3.63) is 0 Å². The smallest absolute Gasteiger partial charge is 0.333 e. The van der Waals surface area contributed by atoms with Crippen molar-refractivity contribution in [1.29, 1.82) is 0 Å². The van der Waals surface area contributed by atoms with Gasteiger partial charge in [-0.1, -0.05) is 0 Å². The van der Waals surface area contributed by atoms with Gasteiger partial charge in [0.05, 0.1) is 13.2 Å². The van der Waals surface area contributed by atoms with Gasteiger partial charge in [0.1, 0.15) is 0 Å². The predicted octanol–water partition coefficient (Wildman–Crippen LogP) is -1.72. The van der Waals surface area contributed by atoms with Crippen molar-refractivity contribution in [2.24, 2.45) is 0 Å². The molecule has 0 aromatic rings. The third kappa shape index (κ3) is 5.18. The summed E-state index contributed by atoms with van der Waals surface area (Å²) in [5, 5.41) is 2.61. The molecule has 86 valence electrons. The topological polar surface area (TPSA) is 82.7 Å². The van der Waals surface area contributed by atoms with Crippen LogP contribution in [0.4, 0.5) is 4.79 Å². The van der Waals surface area contributed by atoms with Crippen LogP contribution >= 0.6 is 0 Å². The fourth-order valence-electron chi connectivity index (χ4n) is 1.29. The zero-order chi connectivity index (χ0) is 10.9. The number of morpholine rings is 1. The minimum absolute atomic E-state index is 0.404. The summed E-state index contributed by atoms with van der Waals surface area (Å²) in [7, 11) is 0. The second-order valence-corrected chi connectivity index (χ2v) is 3.10. The molecule has 0 atom stereocenters. The molecule has 7 heteroatoms. The number of nitrogens with one attached hydrogen (secondary N) is 3. The zero-order valence-corrected chi connectivity index (χ0v) is 8.49. The van der Waals surface area contributed by atoms with Gasteiger partial charge in [-0.25, -0.2) is 10.2 Å². The molecule has 0 aromatic carbocycles. The minimum Gasteiger partial charge on any atom is -0.379 e. The monoisotopic (exact) mass is 216 g/mol. The van der Waals surface area contributed by atoms with Crippen LogP contribution in [0.5, 0.6) is 0 Å². The maximum Gasteiger partial charge on any atom is 0.333 e. The third-order valence-corrected chi connectivity index (χ3v) is 2.06. The second kappa shape index (κ2) is 7.02. The van der Waals surface area contributed by atoms with Gasteiger partial charge in [0.15, 0.2) is 0 Å². The van der Waals surface area contributed by atoms with Gasteiger partial charge in [-0.05, 0) is 0 Å². The summed E-state index contributed by atoms with van der Waals surface area (Å²) in [5.41, 5.74) is 4.22. The summed E-state index contributed by atoms with van der Waals surface area (Å²) in [6.45, 7) is 4.63. The Morgan fingerprint density at radius 2 is 2.13 bits per heavy atom. The normalized spacial score (nSPS) is 16.8. The van der Waals surface area contributed by atoms with Crippen molar-refractivity contribution in [2.75, 3.05) is 39.4 Å². The number of carbonyl (C=O) groups is 2. The summed E-state index contributed by atoms with van der Waals surface area (Å²) in [6.07, 6.45) is 0.404. The molecule has 0 saturated carbocycles. The van der Waals surface area contributed by atoms with Crippen LogP contribution in [0.2, 0.25) is 0 Å². The molecule has 1 heterocycles. The highest BCUT2D eigenvalue weighted by Gasteiger charge is 2.09. The van der Waals surface area contributed by atoms with E-state index in [2.05, 4.69) is 21.1 Å². The van der Waals surface area contributed by atoms with E-state index in [0.717, 1.165) is 32.8 Å². The quantitative estimate of drug-likeness (QED) is 0.377. The zero-order valence-electron chi connectivity index (χ0n) is 8.49. The lowest BCUT2D eigenvalue weighted by Gasteiger charge is -2.26. The molecular formula is C8H16N4O3. The third-order valence-electron chi connectivity index (χ3n) is 2.06. The first-order chi connectivity index (χ1) is 7.33. The van der Waals surface area contributed by atoms with Crippen LogP contribution < -0.4 is 16.2 Å². The summed E-state index contributed by atoms with van der Waals surface area (Å²) in [4.78, 5) is 23.0. The van der Waals surface area contributed by atoms with E-state index in [-0.39, 0.29) is 0 Å². The van der Waals surface area contributed by atoms with Crippen LogP contribution in [0, 0.1) is 0 Å². The highest BCUT2D eigenvalue weighted by Crippen LogP contribution is 1.94. The van der Waals surface area contributed by atoms with Crippen molar-refractivity contribution in [3.63, 3.8) is 0 Å². The van der Waals surface area contributed by atoms with Crippen molar-refractivity contribution in [2.45, 2.75) is 0 Å². The van der Waals surface area contributed by atoms with E-state index in [1.807, 2.05) is 0 Å². The Balaban J connectivity index is 1.99. The Labute approximate surface area is 88.1 Å². The summed E-state index contributed by atoms with van der Waals surface area (Å²) in [5.74, 6) is 0. The Morgan fingerprint density at radius 3 is 2.80 bits per heavy atom. The molecule has 0 aliphatic carbocycles. The van der Waals surface area contributed by atoms with Crippen molar-refractivity contribution < 1.29 is 14.3 Å². The Bertz CT molecular complexity index is 206. The van der Waals surface area contributed by atoms with Crippen LogP contribution in [0.15, 0.2) is 0 Å². The molecule has 3 amide bonds. The number of amides is 3. The van der Waals surface area contributed by atoms with Crippen LogP contribution in [0.3, 0.4) is 0 Å². The van der Waals surface area contributed by atoms with Gasteiger partial charge in [0.25, 0.3) is 0 Å². The van der Waals surface area contributed by atoms with E-state index in [1.54, 1.807) is 0 Å². The molecule has 1 rings (SSSR count). The molecular weight excluding hydrogens is 200 g/mol. The highest BCUT2D eigenvalue weighted by molar-refractivity contribution is 5.74. The minimum atomic E-state index is -0.407. The van der Waals surface area contributed by atoms with Gasteiger partial charge < -0.3 is 10.1 Å². The molecule has 7 nitrogen and oxygen atoms in total. The lowest BCUT2D eigenvalue weighted by molar-refractivity contribution is -0.110. The van der Waals surface area contributed by atoms with Gasteiger partial charge in [-0.3, -0.25) is 15.1 Å². The van der Waals surface area contributed by atoms with Crippen molar-refractivity contribution in [3.8, 4) is 0 Å². The molecule has 15 heavy (non-hydrogen) atoms. The maximum atomic E-state index is 11.0. The van der Waals surface area contributed by atoms with E-state index in [9.17, 15) is 9.59 Å². The molecule has 3 N–H and O–H groups in total. The fraction of sp³-hybridized carbons (Fsp3) is 0.750. The van der Waals surface area contributed by atoms with Gasteiger partial charge in [-0.15, -0.1) is 0 Å². The summed E-state index contributed by atoms with van der Waals surface area (Å²) < 4.78 is 5.19. The Morgan fingerprint density at radius 1 is 1.40 bits per heavy atom. The number of hydrazine groups is 1. The van der Waals surface area contributed by atoms with Gasteiger partial charge in [0, 0.05) is 26.2 Å². The van der Waals surface area contributed by atoms with E-state index < -0.39 is 6.03 Å². The number of urea groups is 1. The van der Waals surface area contributed by atoms with Gasteiger partial charge in [-0.2, -0.15) is 0 Å². The van der Waals surface area contributed by atoms with E-state index in [1.165, 1.54) is 0 Å². The summed E-state index contributed by atoms with van der Waals surface area (Å²) >= 11 is 0. The number of ether oxygens (including phenoxy) is 1. The summed E-state index contributed by atoms with van der Waals surface area (Å²) in [6, 6.07) is -0.407. The second-order valence-electron chi connectivity index (χ2n) is 3.10. The molecule has 1 aliphatic rings. The molecule has 0 radical (unpaired) electrons. The Hall–Kier alpha value is -1.34. The number of hydrogen-bond donors (Lipinski definition) is 3. The fourth-order valence-corrected chi connectivity index (χ4v) is 1.29. The molecule has 0 unspecified atom stereocenters. The maximum absolute atomic E-state index is 11.0. The predicted molar refractivity (Wildman–Crippen MR) is 53.0 cm³/mol. The van der Waals surface area contributed by atoms with Gasteiger partial charge >= 0.3 is 6.03 Å².